The van der Waals surface area contributed by atoms with Crippen molar-refractivity contribution in [2.45, 2.75) is 13.0 Å². The Morgan fingerprint density at radius 2 is 1.86 bits per heavy atom. The molecule has 144 valence electrons. The molecule has 3 rings (SSSR count). The summed E-state index contributed by atoms with van der Waals surface area (Å²) in [6.07, 6.45) is 1.53. The fourth-order valence-electron chi connectivity index (χ4n) is 2.42. The van der Waals surface area contributed by atoms with E-state index >= 15 is 0 Å². The molecule has 0 saturated heterocycles. The Balaban J connectivity index is 1.44. The second-order valence-electron chi connectivity index (χ2n) is 5.97. The molecule has 2 N–H and O–H groups in total. The zero-order valence-electron chi connectivity index (χ0n) is 15.0. The summed E-state index contributed by atoms with van der Waals surface area (Å²) >= 11 is 0. The van der Waals surface area contributed by atoms with Gasteiger partial charge in [0, 0.05) is 24.7 Å². The molecule has 0 aliphatic rings. The maximum atomic E-state index is 12.9. The second kappa shape index (κ2) is 9.36. The highest BCUT2D eigenvalue weighted by molar-refractivity contribution is 5.93. The molecular formula is C21H19FN2O4. The Labute approximate surface area is 161 Å². The molecule has 7 heteroatoms. The summed E-state index contributed by atoms with van der Waals surface area (Å²) in [6.45, 7) is 0.475. The highest BCUT2D eigenvalue weighted by atomic mass is 19.1. The standard InChI is InChI=1S/C21H19FN2O4/c22-16-8-6-15(7-9-16)14-28-18-4-1-3-17(13-18)24-20(25)10-11-23-21(26)19-5-2-12-27-19/h1-9,12-13H,10-11,14H2,(H,23,26)(H,24,25). The number of carbonyl (C=O) groups excluding carboxylic acids is 2. The molecule has 2 aromatic carbocycles. The van der Waals surface area contributed by atoms with Gasteiger partial charge in [0.05, 0.1) is 6.26 Å². The van der Waals surface area contributed by atoms with Gasteiger partial charge in [-0.15, -0.1) is 0 Å². The van der Waals surface area contributed by atoms with Gasteiger partial charge in [-0.1, -0.05) is 18.2 Å². The molecule has 0 bridgehead atoms. The van der Waals surface area contributed by atoms with Crippen LogP contribution in [0.1, 0.15) is 22.5 Å². The Kier molecular flexibility index (Phi) is 6.41. The summed E-state index contributed by atoms with van der Waals surface area (Å²) < 4.78 is 23.6. The van der Waals surface area contributed by atoms with Gasteiger partial charge in [-0.05, 0) is 42.0 Å². The SMILES string of the molecule is O=C(CCNC(=O)c1ccco1)Nc1cccc(OCc2ccc(F)cc2)c1. The van der Waals surface area contributed by atoms with Gasteiger partial charge < -0.3 is 19.8 Å². The van der Waals surface area contributed by atoms with Crippen molar-refractivity contribution in [1.82, 2.24) is 5.32 Å². The molecule has 0 aliphatic heterocycles. The highest BCUT2D eigenvalue weighted by Gasteiger charge is 2.09. The predicted octanol–water partition coefficient (Wildman–Crippen LogP) is 3.76. The first-order valence-electron chi connectivity index (χ1n) is 8.69. The number of amides is 2. The van der Waals surface area contributed by atoms with Crippen molar-refractivity contribution in [3.8, 4) is 5.75 Å². The van der Waals surface area contributed by atoms with E-state index in [0.717, 1.165) is 5.56 Å². The number of anilines is 1. The molecule has 0 atom stereocenters. The molecular weight excluding hydrogens is 363 g/mol. The fourth-order valence-corrected chi connectivity index (χ4v) is 2.42. The number of ether oxygens (including phenoxy) is 1. The Bertz CT molecular complexity index is 924. The first-order chi connectivity index (χ1) is 13.6. The quantitative estimate of drug-likeness (QED) is 0.622. The Morgan fingerprint density at radius 3 is 2.61 bits per heavy atom. The van der Waals surface area contributed by atoms with E-state index in [0.29, 0.717) is 11.4 Å². The van der Waals surface area contributed by atoms with E-state index in [2.05, 4.69) is 10.6 Å². The van der Waals surface area contributed by atoms with Crippen LogP contribution < -0.4 is 15.4 Å². The van der Waals surface area contributed by atoms with Crippen LogP contribution in [0.25, 0.3) is 0 Å². The number of nitrogens with one attached hydrogen (secondary N) is 2. The Hall–Kier alpha value is -3.61. The largest absolute Gasteiger partial charge is 0.489 e. The van der Waals surface area contributed by atoms with E-state index in [1.54, 1.807) is 48.5 Å². The average Bonchev–Trinajstić information content (AvgIpc) is 3.23. The molecule has 0 saturated carbocycles. The summed E-state index contributed by atoms with van der Waals surface area (Å²) in [5.41, 5.74) is 1.42. The van der Waals surface area contributed by atoms with Crippen LogP contribution in [0, 0.1) is 5.82 Å². The van der Waals surface area contributed by atoms with Crippen LogP contribution in [0.3, 0.4) is 0 Å². The molecule has 3 aromatic rings. The van der Waals surface area contributed by atoms with Crippen molar-refractivity contribution >= 4 is 17.5 Å². The lowest BCUT2D eigenvalue weighted by Gasteiger charge is -2.10. The molecule has 0 aliphatic carbocycles. The number of hydrogen-bond acceptors (Lipinski definition) is 4. The minimum atomic E-state index is -0.367. The molecule has 1 aromatic heterocycles. The molecule has 0 radical (unpaired) electrons. The molecule has 2 amide bonds. The summed E-state index contributed by atoms with van der Waals surface area (Å²) in [4.78, 5) is 23.8. The van der Waals surface area contributed by atoms with Gasteiger partial charge in [0.2, 0.25) is 5.91 Å². The minimum Gasteiger partial charge on any atom is -0.489 e. The average molecular weight is 382 g/mol. The predicted molar refractivity (Wildman–Crippen MR) is 101 cm³/mol. The Morgan fingerprint density at radius 1 is 1.04 bits per heavy atom. The van der Waals surface area contributed by atoms with Gasteiger partial charge in [-0.3, -0.25) is 9.59 Å². The minimum absolute atomic E-state index is 0.118. The fraction of sp³-hybridized carbons (Fsp3) is 0.143. The van der Waals surface area contributed by atoms with Gasteiger partial charge in [0.1, 0.15) is 18.2 Å². The van der Waals surface area contributed by atoms with Crippen molar-refractivity contribution in [3.63, 3.8) is 0 Å². The number of furan rings is 1. The third-order valence-corrected chi connectivity index (χ3v) is 3.82. The van der Waals surface area contributed by atoms with Crippen molar-refractivity contribution in [2.24, 2.45) is 0 Å². The van der Waals surface area contributed by atoms with Crippen molar-refractivity contribution in [1.29, 1.82) is 0 Å². The number of halogens is 1. The van der Waals surface area contributed by atoms with E-state index in [4.69, 9.17) is 9.15 Å². The van der Waals surface area contributed by atoms with Crippen LogP contribution in [0.5, 0.6) is 5.75 Å². The van der Waals surface area contributed by atoms with Crippen molar-refractivity contribution in [3.05, 3.63) is 84.1 Å². The van der Waals surface area contributed by atoms with Crippen LogP contribution in [0.2, 0.25) is 0 Å². The van der Waals surface area contributed by atoms with Crippen molar-refractivity contribution in [2.75, 3.05) is 11.9 Å². The summed E-state index contributed by atoms with van der Waals surface area (Å²) in [5, 5.41) is 5.36. The first-order valence-corrected chi connectivity index (χ1v) is 8.69. The smallest absolute Gasteiger partial charge is 0.286 e. The molecule has 0 spiro atoms. The third kappa shape index (κ3) is 5.70. The van der Waals surface area contributed by atoms with E-state index in [9.17, 15) is 14.0 Å². The summed E-state index contributed by atoms with van der Waals surface area (Å²) in [6, 6.07) is 16.2. The van der Waals surface area contributed by atoms with Gasteiger partial charge in [0.25, 0.3) is 5.91 Å². The molecule has 28 heavy (non-hydrogen) atoms. The zero-order valence-corrected chi connectivity index (χ0v) is 15.0. The summed E-state index contributed by atoms with van der Waals surface area (Å²) in [7, 11) is 0. The van der Waals surface area contributed by atoms with E-state index in [1.165, 1.54) is 18.4 Å². The van der Waals surface area contributed by atoms with Gasteiger partial charge >= 0.3 is 0 Å². The third-order valence-electron chi connectivity index (χ3n) is 3.82. The number of benzene rings is 2. The highest BCUT2D eigenvalue weighted by Crippen LogP contribution is 2.19. The number of carbonyl (C=O) groups is 2. The first kappa shape index (κ1) is 19.2. The lowest BCUT2D eigenvalue weighted by molar-refractivity contribution is -0.116. The van der Waals surface area contributed by atoms with E-state index < -0.39 is 0 Å². The maximum absolute atomic E-state index is 12.9. The van der Waals surface area contributed by atoms with Crippen LogP contribution in [-0.4, -0.2) is 18.4 Å². The van der Waals surface area contributed by atoms with E-state index in [1.807, 2.05) is 0 Å². The van der Waals surface area contributed by atoms with Crippen molar-refractivity contribution < 1.29 is 23.1 Å². The molecule has 1 heterocycles. The second-order valence-corrected chi connectivity index (χ2v) is 5.97. The van der Waals surface area contributed by atoms with Crippen LogP contribution in [0.15, 0.2) is 71.3 Å². The molecule has 0 unspecified atom stereocenters. The molecule has 0 fully saturated rings. The number of hydrogen-bond donors (Lipinski definition) is 2. The van der Waals surface area contributed by atoms with Gasteiger partial charge in [-0.25, -0.2) is 4.39 Å². The van der Waals surface area contributed by atoms with Crippen LogP contribution in [-0.2, 0) is 11.4 Å². The van der Waals surface area contributed by atoms with E-state index in [-0.39, 0.29) is 43.0 Å². The van der Waals surface area contributed by atoms with Crippen LogP contribution in [0.4, 0.5) is 10.1 Å². The lowest BCUT2D eigenvalue weighted by atomic mass is 10.2. The monoisotopic (exact) mass is 382 g/mol. The maximum Gasteiger partial charge on any atom is 0.286 e. The number of rotatable bonds is 8. The van der Waals surface area contributed by atoms with Gasteiger partial charge in [-0.2, -0.15) is 0 Å². The normalized spacial score (nSPS) is 10.3. The molecule has 6 nitrogen and oxygen atoms in total. The lowest BCUT2D eigenvalue weighted by Crippen LogP contribution is -2.27. The van der Waals surface area contributed by atoms with Gasteiger partial charge in [0.15, 0.2) is 5.76 Å². The van der Waals surface area contributed by atoms with Crippen LogP contribution >= 0.6 is 0 Å². The summed E-state index contributed by atoms with van der Waals surface area (Å²) in [5.74, 6) is -0.127. The zero-order chi connectivity index (χ0) is 19.8. The topological polar surface area (TPSA) is 80.6 Å².